The molecule has 2 aromatic rings. The summed E-state index contributed by atoms with van der Waals surface area (Å²) < 4.78 is 10.7. The molecule has 6 nitrogen and oxygen atoms in total. The molecule has 142 valence electrons. The van der Waals surface area contributed by atoms with Crippen molar-refractivity contribution in [2.75, 3.05) is 26.4 Å². The number of carbonyl (C=O) groups is 2. The lowest BCUT2D eigenvalue weighted by molar-refractivity contribution is -0.139. The van der Waals surface area contributed by atoms with Crippen LogP contribution in [0.4, 0.5) is 0 Å². The molecule has 0 saturated carbocycles. The average molecular weight is 369 g/mol. The number of carbonyl (C=O) groups excluding carboxylic acids is 1. The Kier molecular flexibility index (Phi) is 6.44. The Hall–Kier alpha value is -2.86. The molecule has 1 heterocycles. The van der Waals surface area contributed by atoms with Crippen molar-refractivity contribution < 1.29 is 24.2 Å². The van der Waals surface area contributed by atoms with Crippen molar-refractivity contribution in [3.63, 3.8) is 0 Å². The van der Waals surface area contributed by atoms with Crippen LogP contribution in [0.1, 0.15) is 22.3 Å². The Labute approximate surface area is 158 Å². The highest BCUT2D eigenvalue weighted by molar-refractivity contribution is 5.95. The van der Waals surface area contributed by atoms with E-state index in [0.29, 0.717) is 31.1 Å². The van der Waals surface area contributed by atoms with Gasteiger partial charge in [-0.3, -0.25) is 4.79 Å². The molecule has 1 unspecified atom stereocenters. The molecule has 1 saturated heterocycles. The van der Waals surface area contributed by atoms with Crippen molar-refractivity contribution in [3.05, 3.63) is 65.7 Å². The summed E-state index contributed by atoms with van der Waals surface area (Å²) in [6.45, 7) is 1.35. The molecule has 1 aliphatic heterocycles. The lowest BCUT2D eigenvalue weighted by Gasteiger charge is -2.28. The Balaban J connectivity index is 1.74. The van der Waals surface area contributed by atoms with Crippen molar-refractivity contribution in [2.45, 2.75) is 18.9 Å². The summed E-state index contributed by atoms with van der Waals surface area (Å²) in [5.74, 6) is -0.782. The fourth-order valence-electron chi connectivity index (χ4n) is 3.14. The predicted molar refractivity (Wildman–Crippen MR) is 100.0 cm³/mol. The van der Waals surface area contributed by atoms with E-state index in [0.717, 1.165) is 12.8 Å². The van der Waals surface area contributed by atoms with Gasteiger partial charge in [-0.2, -0.15) is 0 Å². The standard InChI is InChI=1S/C21H23NO5/c23-20(24)15-27-19-8-4-7-17(13-19)21(25)22(18-10-12-26-14-18)11-9-16-5-2-1-3-6-16/h1-8,13,18H,9-12,14-15H2,(H,23,24). The van der Waals surface area contributed by atoms with Gasteiger partial charge in [-0.05, 0) is 36.6 Å². The molecular weight excluding hydrogens is 346 g/mol. The van der Waals surface area contributed by atoms with Crippen LogP contribution in [0.5, 0.6) is 5.75 Å². The van der Waals surface area contributed by atoms with Gasteiger partial charge in [-0.25, -0.2) is 4.79 Å². The number of ether oxygens (including phenoxy) is 2. The van der Waals surface area contributed by atoms with Crippen LogP contribution in [0.25, 0.3) is 0 Å². The van der Waals surface area contributed by atoms with Gasteiger partial charge in [0.1, 0.15) is 5.75 Å². The normalized spacial score (nSPS) is 16.1. The zero-order chi connectivity index (χ0) is 19.1. The number of carboxylic acids is 1. The molecule has 1 aliphatic rings. The number of benzene rings is 2. The molecule has 0 bridgehead atoms. The van der Waals surface area contributed by atoms with Gasteiger partial charge in [0.2, 0.25) is 0 Å². The van der Waals surface area contributed by atoms with E-state index in [4.69, 9.17) is 14.6 Å². The molecule has 0 aromatic heterocycles. The maximum atomic E-state index is 13.1. The lowest BCUT2D eigenvalue weighted by atomic mass is 10.1. The van der Waals surface area contributed by atoms with E-state index < -0.39 is 12.6 Å². The number of carboxylic acid groups (broad SMARTS) is 1. The molecule has 6 heteroatoms. The summed E-state index contributed by atoms with van der Waals surface area (Å²) >= 11 is 0. The third-order valence-corrected chi connectivity index (χ3v) is 4.53. The quantitative estimate of drug-likeness (QED) is 0.774. The minimum Gasteiger partial charge on any atom is -0.482 e. The smallest absolute Gasteiger partial charge is 0.341 e. The van der Waals surface area contributed by atoms with Crippen LogP contribution in [0.2, 0.25) is 0 Å². The van der Waals surface area contributed by atoms with Gasteiger partial charge in [0.15, 0.2) is 6.61 Å². The highest BCUT2D eigenvalue weighted by atomic mass is 16.5. The second-order valence-electron chi connectivity index (χ2n) is 6.46. The predicted octanol–water partition coefficient (Wildman–Crippen LogP) is 2.62. The van der Waals surface area contributed by atoms with Crippen LogP contribution in [0.3, 0.4) is 0 Å². The Morgan fingerprint density at radius 2 is 1.96 bits per heavy atom. The number of rotatable bonds is 8. The summed E-state index contributed by atoms with van der Waals surface area (Å²) in [4.78, 5) is 25.7. The van der Waals surface area contributed by atoms with Crippen molar-refractivity contribution in [3.8, 4) is 5.75 Å². The largest absolute Gasteiger partial charge is 0.482 e. The summed E-state index contributed by atoms with van der Waals surface area (Å²) in [5.41, 5.74) is 1.66. The van der Waals surface area contributed by atoms with Crippen LogP contribution in [-0.2, 0) is 16.0 Å². The van der Waals surface area contributed by atoms with E-state index in [2.05, 4.69) is 0 Å². The van der Waals surface area contributed by atoms with Gasteiger partial charge in [-0.15, -0.1) is 0 Å². The molecule has 2 aromatic carbocycles. The Morgan fingerprint density at radius 3 is 2.67 bits per heavy atom. The van der Waals surface area contributed by atoms with Gasteiger partial charge in [0.25, 0.3) is 5.91 Å². The first kappa shape index (κ1) is 18.9. The first-order valence-electron chi connectivity index (χ1n) is 9.01. The highest BCUT2D eigenvalue weighted by Crippen LogP contribution is 2.20. The van der Waals surface area contributed by atoms with Gasteiger partial charge in [0, 0.05) is 18.7 Å². The third-order valence-electron chi connectivity index (χ3n) is 4.53. The molecule has 1 atom stereocenters. The summed E-state index contributed by atoms with van der Waals surface area (Å²) in [6, 6.07) is 16.8. The minimum atomic E-state index is -1.06. The molecular formula is C21H23NO5. The summed E-state index contributed by atoms with van der Waals surface area (Å²) in [5, 5.41) is 8.75. The van der Waals surface area contributed by atoms with Crippen molar-refractivity contribution >= 4 is 11.9 Å². The number of aliphatic carboxylic acids is 1. The van der Waals surface area contributed by atoms with Gasteiger partial charge >= 0.3 is 5.97 Å². The monoisotopic (exact) mass is 369 g/mol. The number of hydrogen-bond donors (Lipinski definition) is 1. The first-order valence-corrected chi connectivity index (χ1v) is 9.01. The van der Waals surface area contributed by atoms with Crippen LogP contribution < -0.4 is 4.74 Å². The maximum absolute atomic E-state index is 13.1. The number of hydrogen-bond acceptors (Lipinski definition) is 4. The van der Waals surface area contributed by atoms with Crippen molar-refractivity contribution in [1.82, 2.24) is 4.90 Å². The molecule has 1 amide bonds. The first-order chi connectivity index (χ1) is 13.1. The van der Waals surface area contributed by atoms with E-state index >= 15 is 0 Å². The minimum absolute atomic E-state index is 0.0461. The van der Waals surface area contributed by atoms with E-state index in [1.54, 1.807) is 24.3 Å². The molecule has 0 radical (unpaired) electrons. The molecule has 0 spiro atoms. The fourth-order valence-corrected chi connectivity index (χ4v) is 3.14. The van der Waals surface area contributed by atoms with Crippen molar-refractivity contribution in [1.29, 1.82) is 0 Å². The number of nitrogens with zero attached hydrogens (tertiary/aromatic N) is 1. The van der Waals surface area contributed by atoms with Crippen LogP contribution in [-0.4, -0.2) is 54.3 Å². The Morgan fingerprint density at radius 1 is 1.15 bits per heavy atom. The zero-order valence-electron chi connectivity index (χ0n) is 15.0. The fraction of sp³-hybridized carbons (Fsp3) is 0.333. The van der Waals surface area contributed by atoms with Gasteiger partial charge < -0.3 is 19.5 Å². The van der Waals surface area contributed by atoms with Gasteiger partial charge in [-0.1, -0.05) is 36.4 Å². The lowest BCUT2D eigenvalue weighted by Crippen LogP contribution is -2.42. The zero-order valence-corrected chi connectivity index (χ0v) is 15.0. The van der Waals surface area contributed by atoms with E-state index in [9.17, 15) is 9.59 Å². The maximum Gasteiger partial charge on any atom is 0.341 e. The third kappa shape index (κ3) is 5.31. The van der Waals surface area contributed by atoms with E-state index in [-0.39, 0.29) is 11.9 Å². The van der Waals surface area contributed by atoms with Crippen LogP contribution in [0.15, 0.2) is 54.6 Å². The Bertz CT molecular complexity index is 771. The second kappa shape index (κ2) is 9.19. The van der Waals surface area contributed by atoms with Crippen LogP contribution in [0, 0.1) is 0 Å². The molecule has 1 N–H and O–H groups in total. The molecule has 3 rings (SSSR count). The number of amides is 1. The second-order valence-corrected chi connectivity index (χ2v) is 6.46. The van der Waals surface area contributed by atoms with Crippen LogP contribution >= 0.6 is 0 Å². The summed E-state index contributed by atoms with van der Waals surface area (Å²) in [6.07, 6.45) is 1.58. The molecule has 1 fully saturated rings. The summed E-state index contributed by atoms with van der Waals surface area (Å²) in [7, 11) is 0. The SMILES string of the molecule is O=C(O)COc1cccc(C(=O)N(CCc2ccccc2)C2CCOC2)c1. The van der Waals surface area contributed by atoms with Gasteiger partial charge in [0.05, 0.1) is 12.6 Å². The molecule has 0 aliphatic carbocycles. The topological polar surface area (TPSA) is 76.1 Å². The van der Waals surface area contributed by atoms with E-state index in [1.165, 1.54) is 5.56 Å². The van der Waals surface area contributed by atoms with E-state index in [1.807, 2.05) is 35.2 Å². The molecule has 27 heavy (non-hydrogen) atoms. The highest BCUT2D eigenvalue weighted by Gasteiger charge is 2.28. The van der Waals surface area contributed by atoms with Crippen molar-refractivity contribution in [2.24, 2.45) is 0 Å². The average Bonchev–Trinajstić information content (AvgIpc) is 3.22.